The summed E-state index contributed by atoms with van der Waals surface area (Å²) in [5, 5.41) is 0.736. The molecule has 0 fully saturated rings. The summed E-state index contributed by atoms with van der Waals surface area (Å²) in [5.74, 6) is -0.246. The molecule has 0 aromatic heterocycles. The van der Waals surface area contributed by atoms with Crippen molar-refractivity contribution in [2.24, 2.45) is 0 Å². The molecule has 1 aromatic rings. The van der Waals surface area contributed by atoms with Crippen molar-refractivity contribution in [1.29, 1.82) is 0 Å². The second kappa shape index (κ2) is 5.97. The molecule has 2 rings (SSSR count). The van der Waals surface area contributed by atoms with E-state index in [0.717, 1.165) is 16.4 Å². The molecule has 0 bridgehead atoms. The quantitative estimate of drug-likeness (QED) is 0.773. The van der Waals surface area contributed by atoms with Gasteiger partial charge in [0.15, 0.2) is 0 Å². The Morgan fingerprint density at radius 2 is 2.11 bits per heavy atom. The third kappa shape index (κ3) is 3.29. The van der Waals surface area contributed by atoms with Crippen LogP contribution in [0.3, 0.4) is 0 Å². The average molecular weight is 259 g/mol. The molecule has 2 amide bonds. The summed E-state index contributed by atoms with van der Waals surface area (Å²) in [6.45, 7) is 0.216. The SMILES string of the molecule is COc1ccc(/C=C/C(=O)N2OCC=CC2=O)cc1. The predicted molar refractivity (Wildman–Crippen MR) is 69.0 cm³/mol. The number of carbonyl (C=O) groups excluding carboxylic acids is 2. The second-order valence-electron chi connectivity index (χ2n) is 3.78. The molecule has 5 nitrogen and oxygen atoms in total. The van der Waals surface area contributed by atoms with E-state index in [2.05, 4.69) is 0 Å². The lowest BCUT2D eigenvalue weighted by Gasteiger charge is -2.18. The molecule has 0 saturated heterocycles. The van der Waals surface area contributed by atoms with E-state index in [9.17, 15) is 9.59 Å². The van der Waals surface area contributed by atoms with Gasteiger partial charge in [-0.3, -0.25) is 14.4 Å². The molecule has 1 aliphatic heterocycles. The highest BCUT2D eigenvalue weighted by Crippen LogP contribution is 2.12. The Bertz CT molecular complexity index is 531. The van der Waals surface area contributed by atoms with Crippen LogP contribution < -0.4 is 4.74 Å². The van der Waals surface area contributed by atoms with Crippen LogP contribution in [0.1, 0.15) is 5.56 Å². The van der Waals surface area contributed by atoms with Crippen LogP contribution in [-0.4, -0.2) is 30.6 Å². The fourth-order valence-electron chi connectivity index (χ4n) is 1.52. The molecule has 0 saturated carbocycles. The van der Waals surface area contributed by atoms with E-state index in [-0.39, 0.29) is 6.61 Å². The van der Waals surface area contributed by atoms with E-state index in [1.54, 1.807) is 43.5 Å². The number of methoxy groups -OCH3 is 1. The minimum absolute atomic E-state index is 0.216. The van der Waals surface area contributed by atoms with E-state index >= 15 is 0 Å². The van der Waals surface area contributed by atoms with Gasteiger partial charge in [-0.05, 0) is 23.8 Å². The number of hydrogen-bond donors (Lipinski definition) is 0. The van der Waals surface area contributed by atoms with Gasteiger partial charge in [0.05, 0.1) is 13.7 Å². The van der Waals surface area contributed by atoms with Crippen molar-refractivity contribution in [3.05, 3.63) is 48.1 Å². The normalized spacial score (nSPS) is 15.0. The van der Waals surface area contributed by atoms with Gasteiger partial charge >= 0.3 is 0 Å². The molecule has 5 heteroatoms. The molecule has 1 heterocycles. The van der Waals surface area contributed by atoms with Gasteiger partial charge in [-0.15, -0.1) is 5.06 Å². The molecule has 98 valence electrons. The first kappa shape index (κ1) is 13.0. The number of imide groups is 1. The van der Waals surface area contributed by atoms with Gasteiger partial charge < -0.3 is 4.74 Å². The van der Waals surface area contributed by atoms with Crippen LogP contribution in [0.5, 0.6) is 5.75 Å². The number of hydrogen-bond acceptors (Lipinski definition) is 4. The Hall–Kier alpha value is -2.40. The van der Waals surface area contributed by atoms with Crippen LogP contribution in [0, 0.1) is 0 Å². The predicted octanol–water partition coefficient (Wildman–Crippen LogP) is 1.56. The highest BCUT2D eigenvalue weighted by Gasteiger charge is 2.20. The van der Waals surface area contributed by atoms with Crippen molar-refractivity contribution in [2.75, 3.05) is 13.7 Å². The summed E-state index contributed by atoms with van der Waals surface area (Å²) in [6, 6.07) is 7.19. The summed E-state index contributed by atoms with van der Waals surface area (Å²) in [5.41, 5.74) is 0.828. The Kier molecular flexibility index (Phi) is 4.10. The molecule has 0 unspecified atom stereocenters. The number of ether oxygens (including phenoxy) is 1. The number of nitrogens with zero attached hydrogens (tertiary/aromatic N) is 1. The smallest absolute Gasteiger partial charge is 0.277 e. The van der Waals surface area contributed by atoms with Crippen molar-refractivity contribution in [2.45, 2.75) is 0 Å². The molecule has 1 aliphatic rings. The van der Waals surface area contributed by atoms with Gasteiger partial charge in [-0.1, -0.05) is 18.2 Å². The maximum atomic E-state index is 11.7. The van der Waals surface area contributed by atoms with Gasteiger partial charge in [0.25, 0.3) is 11.8 Å². The lowest BCUT2D eigenvalue weighted by Crippen LogP contribution is -2.36. The van der Waals surface area contributed by atoms with Gasteiger partial charge in [0.1, 0.15) is 5.75 Å². The summed E-state index contributed by atoms with van der Waals surface area (Å²) in [4.78, 5) is 28.1. The van der Waals surface area contributed by atoms with Crippen LogP contribution in [-0.2, 0) is 14.4 Å². The largest absolute Gasteiger partial charge is 0.497 e. The Morgan fingerprint density at radius 3 is 2.74 bits per heavy atom. The van der Waals surface area contributed by atoms with Crippen molar-refractivity contribution in [3.63, 3.8) is 0 Å². The van der Waals surface area contributed by atoms with Gasteiger partial charge in [-0.2, -0.15) is 0 Å². The molecule has 19 heavy (non-hydrogen) atoms. The lowest BCUT2D eigenvalue weighted by molar-refractivity contribution is -0.186. The van der Waals surface area contributed by atoms with E-state index in [0.29, 0.717) is 0 Å². The Labute approximate surface area is 110 Å². The summed E-state index contributed by atoms with van der Waals surface area (Å²) < 4.78 is 5.03. The van der Waals surface area contributed by atoms with Crippen LogP contribution in [0.15, 0.2) is 42.5 Å². The zero-order valence-electron chi connectivity index (χ0n) is 10.4. The van der Waals surface area contributed by atoms with Crippen LogP contribution in [0.2, 0.25) is 0 Å². The zero-order valence-corrected chi connectivity index (χ0v) is 10.4. The van der Waals surface area contributed by atoms with Gasteiger partial charge in [0, 0.05) is 12.2 Å². The third-order valence-electron chi connectivity index (χ3n) is 2.49. The molecular weight excluding hydrogens is 246 g/mol. The monoisotopic (exact) mass is 259 g/mol. The maximum Gasteiger partial charge on any atom is 0.277 e. The molecule has 0 atom stereocenters. The fraction of sp³-hybridized carbons (Fsp3) is 0.143. The minimum Gasteiger partial charge on any atom is -0.497 e. The summed E-state index contributed by atoms with van der Waals surface area (Å²) in [6.07, 6.45) is 5.76. The average Bonchev–Trinajstić information content (AvgIpc) is 2.46. The summed E-state index contributed by atoms with van der Waals surface area (Å²) in [7, 11) is 1.58. The van der Waals surface area contributed by atoms with E-state index in [4.69, 9.17) is 9.57 Å². The zero-order chi connectivity index (χ0) is 13.7. The highest BCUT2D eigenvalue weighted by molar-refractivity contribution is 6.05. The molecule has 1 aromatic carbocycles. The van der Waals surface area contributed by atoms with Crippen molar-refractivity contribution < 1.29 is 19.2 Å². The molecule has 0 N–H and O–H groups in total. The van der Waals surface area contributed by atoms with E-state index in [1.807, 2.05) is 0 Å². The standard InChI is InChI=1S/C14H13NO4/c1-18-12-7-4-11(5-8-12)6-9-14(17)15-13(16)3-2-10-19-15/h2-9H,10H2,1H3/b9-6+. The van der Waals surface area contributed by atoms with E-state index in [1.165, 1.54) is 12.2 Å². The van der Waals surface area contributed by atoms with Crippen molar-refractivity contribution >= 4 is 17.9 Å². The third-order valence-corrected chi connectivity index (χ3v) is 2.49. The number of rotatable bonds is 3. The van der Waals surface area contributed by atoms with E-state index < -0.39 is 11.8 Å². The van der Waals surface area contributed by atoms with Crippen LogP contribution >= 0.6 is 0 Å². The molecular formula is C14H13NO4. The maximum absolute atomic E-state index is 11.7. The summed E-state index contributed by atoms with van der Waals surface area (Å²) >= 11 is 0. The topological polar surface area (TPSA) is 55.8 Å². The first-order valence-electron chi connectivity index (χ1n) is 5.70. The Balaban J connectivity index is 2.03. The van der Waals surface area contributed by atoms with Gasteiger partial charge in [-0.25, -0.2) is 0 Å². The number of amides is 2. The van der Waals surface area contributed by atoms with Crippen LogP contribution in [0.4, 0.5) is 0 Å². The van der Waals surface area contributed by atoms with Crippen molar-refractivity contribution in [3.8, 4) is 5.75 Å². The first-order chi connectivity index (χ1) is 9.20. The lowest BCUT2D eigenvalue weighted by atomic mass is 10.2. The van der Waals surface area contributed by atoms with Gasteiger partial charge in [0.2, 0.25) is 0 Å². The second-order valence-corrected chi connectivity index (χ2v) is 3.78. The van der Waals surface area contributed by atoms with Crippen molar-refractivity contribution in [1.82, 2.24) is 5.06 Å². The highest BCUT2D eigenvalue weighted by atomic mass is 16.7. The molecule has 0 radical (unpaired) electrons. The number of carbonyl (C=O) groups is 2. The molecule has 0 aliphatic carbocycles. The Morgan fingerprint density at radius 1 is 1.37 bits per heavy atom. The number of hydroxylamine groups is 2. The minimum atomic E-state index is -0.509. The van der Waals surface area contributed by atoms with Crippen LogP contribution in [0.25, 0.3) is 6.08 Å². The number of benzene rings is 1. The fourth-order valence-corrected chi connectivity index (χ4v) is 1.52. The first-order valence-corrected chi connectivity index (χ1v) is 5.70. The molecule has 0 spiro atoms.